The molecule has 1 aliphatic carbocycles. The van der Waals surface area contributed by atoms with Crippen LogP contribution in [0.25, 0.3) is 0 Å². The third kappa shape index (κ3) is 0.556. The van der Waals surface area contributed by atoms with E-state index in [1.165, 1.54) is 12.8 Å². The third-order valence-electron chi connectivity index (χ3n) is 2.03. The van der Waals surface area contributed by atoms with E-state index >= 15 is 0 Å². The van der Waals surface area contributed by atoms with E-state index in [2.05, 4.69) is 0 Å². The van der Waals surface area contributed by atoms with Crippen molar-refractivity contribution < 1.29 is 4.74 Å². The molecule has 0 aromatic rings. The molecule has 0 amide bonds. The zero-order chi connectivity index (χ0) is 4.69. The average molecular weight is 98.1 g/mol. The molecule has 0 spiro atoms. The minimum Gasteiger partial charge on any atom is -0.381 e. The molecular weight excluding hydrogens is 88.1 g/mol. The van der Waals surface area contributed by atoms with Crippen LogP contribution in [-0.2, 0) is 4.74 Å². The molecule has 0 aromatic heterocycles. The highest BCUT2D eigenvalue weighted by Crippen LogP contribution is 2.43. The highest BCUT2D eigenvalue weighted by molar-refractivity contribution is 4.87. The van der Waals surface area contributed by atoms with E-state index in [0.29, 0.717) is 0 Å². The van der Waals surface area contributed by atoms with Crippen molar-refractivity contribution >= 4 is 0 Å². The van der Waals surface area contributed by atoms with Gasteiger partial charge in [0.05, 0.1) is 0 Å². The maximum atomic E-state index is 5.22. The van der Waals surface area contributed by atoms with Gasteiger partial charge in [-0.25, -0.2) is 0 Å². The number of rotatable bonds is 0. The van der Waals surface area contributed by atoms with Crippen molar-refractivity contribution in [2.75, 3.05) is 13.2 Å². The summed E-state index contributed by atoms with van der Waals surface area (Å²) < 4.78 is 5.22. The Hall–Kier alpha value is -0.0400. The van der Waals surface area contributed by atoms with Crippen LogP contribution in [0.15, 0.2) is 0 Å². The molecule has 40 valence electrons. The quantitative estimate of drug-likeness (QED) is 0.440. The van der Waals surface area contributed by atoms with E-state index in [4.69, 9.17) is 4.74 Å². The summed E-state index contributed by atoms with van der Waals surface area (Å²) in [6.07, 6.45) is 2.80. The molecule has 1 heteroatoms. The van der Waals surface area contributed by atoms with Crippen molar-refractivity contribution in [3.8, 4) is 0 Å². The molecule has 1 saturated heterocycles. The summed E-state index contributed by atoms with van der Waals surface area (Å²) in [5.41, 5.74) is 0. The van der Waals surface area contributed by atoms with E-state index in [-0.39, 0.29) is 0 Å². The Morgan fingerprint density at radius 3 is 2.86 bits per heavy atom. The van der Waals surface area contributed by atoms with Crippen LogP contribution in [0.2, 0.25) is 0 Å². The lowest BCUT2D eigenvalue weighted by Gasteiger charge is -2.07. The van der Waals surface area contributed by atoms with Gasteiger partial charge in [-0.05, 0) is 24.7 Å². The molecule has 1 unspecified atom stereocenters. The molecule has 2 rings (SSSR count). The second-order valence-electron chi connectivity index (χ2n) is 2.62. The maximum Gasteiger partial charge on any atom is 0.0497 e. The Kier molecular flexibility index (Phi) is 0.680. The second-order valence-corrected chi connectivity index (χ2v) is 2.62. The number of fused-ring (bicyclic) bond motifs is 1. The summed E-state index contributed by atoms with van der Waals surface area (Å²) in [4.78, 5) is 0. The zero-order valence-electron chi connectivity index (χ0n) is 4.39. The molecule has 0 N–H and O–H groups in total. The molecule has 0 radical (unpaired) electrons. The van der Waals surface area contributed by atoms with E-state index in [1.807, 2.05) is 0 Å². The molecule has 0 bridgehead atoms. The van der Waals surface area contributed by atoms with Crippen molar-refractivity contribution in [3.63, 3.8) is 0 Å². The monoisotopic (exact) mass is 98.1 g/mol. The fourth-order valence-corrected chi connectivity index (χ4v) is 1.34. The lowest BCUT2D eigenvalue weighted by molar-refractivity contribution is 0.0889. The summed E-state index contributed by atoms with van der Waals surface area (Å²) in [7, 11) is 0. The molecule has 1 saturated carbocycles. The minimum absolute atomic E-state index is 0.980. The largest absolute Gasteiger partial charge is 0.381 e. The standard InChI is InChI=1S/C6H10O/c1-2-7-4-6-3-5(1)6/h5-6H,1-4H2/t5?,6-/m0/s1. The summed E-state index contributed by atoms with van der Waals surface area (Å²) in [5, 5.41) is 0. The summed E-state index contributed by atoms with van der Waals surface area (Å²) in [5.74, 6) is 2.06. The molecule has 0 aromatic carbocycles. The topological polar surface area (TPSA) is 9.23 Å². The number of hydrogen-bond acceptors (Lipinski definition) is 1. The Balaban J connectivity index is 1.95. The zero-order valence-corrected chi connectivity index (χ0v) is 4.39. The van der Waals surface area contributed by atoms with Crippen LogP contribution in [0.5, 0.6) is 0 Å². The van der Waals surface area contributed by atoms with Crippen LogP contribution in [0.4, 0.5) is 0 Å². The van der Waals surface area contributed by atoms with Gasteiger partial charge >= 0.3 is 0 Å². The number of hydrogen-bond donors (Lipinski definition) is 0. The van der Waals surface area contributed by atoms with Crippen molar-refractivity contribution in [1.29, 1.82) is 0 Å². The number of ether oxygens (including phenoxy) is 1. The fourth-order valence-electron chi connectivity index (χ4n) is 1.34. The third-order valence-corrected chi connectivity index (χ3v) is 2.03. The summed E-state index contributed by atoms with van der Waals surface area (Å²) in [6, 6.07) is 0. The van der Waals surface area contributed by atoms with Gasteiger partial charge in [0.25, 0.3) is 0 Å². The first-order valence-corrected chi connectivity index (χ1v) is 3.04. The normalized spacial score (nSPS) is 48.0. The molecule has 2 fully saturated rings. The Morgan fingerprint density at radius 1 is 1.29 bits per heavy atom. The highest BCUT2D eigenvalue weighted by atomic mass is 16.5. The molecule has 1 aliphatic heterocycles. The van der Waals surface area contributed by atoms with E-state index in [0.717, 1.165) is 25.0 Å². The molecule has 7 heavy (non-hydrogen) atoms. The van der Waals surface area contributed by atoms with Gasteiger partial charge in [-0.3, -0.25) is 0 Å². The van der Waals surface area contributed by atoms with Crippen LogP contribution in [0.3, 0.4) is 0 Å². The first kappa shape index (κ1) is 3.90. The lowest BCUT2D eigenvalue weighted by atomic mass is 10.2. The Morgan fingerprint density at radius 2 is 2.29 bits per heavy atom. The van der Waals surface area contributed by atoms with Crippen LogP contribution in [-0.4, -0.2) is 13.2 Å². The average Bonchev–Trinajstić information content (AvgIpc) is 2.41. The smallest absolute Gasteiger partial charge is 0.0497 e. The molecule has 2 aliphatic rings. The van der Waals surface area contributed by atoms with Crippen molar-refractivity contribution in [2.24, 2.45) is 11.8 Å². The van der Waals surface area contributed by atoms with Crippen molar-refractivity contribution in [3.05, 3.63) is 0 Å². The molecular formula is C6H10O. The van der Waals surface area contributed by atoms with Crippen LogP contribution in [0, 0.1) is 11.8 Å². The maximum absolute atomic E-state index is 5.22. The van der Waals surface area contributed by atoms with Gasteiger partial charge < -0.3 is 4.74 Å². The van der Waals surface area contributed by atoms with E-state index < -0.39 is 0 Å². The fraction of sp³-hybridized carbons (Fsp3) is 1.00. The van der Waals surface area contributed by atoms with E-state index in [9.17, 15) is 0 Å². The molecule has 2 atom stereocenters. The van der Waals surface area contributed by atoms with Gasteiger partial charge in [-0.2, -0.15) is 0 Å². The van der Waals surface area contributed by atoms with Gasteiger partial charge in [0.15, 0.2) is 0 Å². The predicted molar refractivity (Wildman–Crippen MR) is 27.0 cm³/mol. The van der Waals surface area contributed by atoms with Crippen molar-refractivity contribution in [1.82, 2.24) is 0 Å². The summed E-state index contributed by atoms with van der Waals surface area (Å²) in [6.45, 7) is 2.09. The van der Waals surface area contributed by atoms with Crippen molar-refractivity contribution in [2.45, 2.75) is 12.8 Å². The van der Waals surface area contributed by atoms with Crippen LogP contribution >= 0.6 is 0 Å². The first-order valence-electron chi connectivity index (χ1n) is 3.04. The van der Waals surface area contributed by atoms with Gasteiger partial charge in [-0.1, -0.05) is 0 Å². The second kappa shape index (κ2) is 1.22. The lowest BCUT2D eigenvalue weighted by Crippen LogP contribution is -2.06. The minimum atomic E-state index is 0.980. The highest BCUT2D eigenvalue weighted by Gasteiger charge is 2.38. The molecule has 1 heterocycles. The Bertz CT molecular complexity index is 70.2. The van der Waals surface area contributed by atoms with E-state index in [1.54, 1.807) is 0 Å². The van der Waals surface area contributed by atoms with Gasteiger partial charge in [0.1, 0.15) is 0 Å². The van der Waals surface area contributed by atoms with Gasteiger partial charge in [0, 0.05) is 13.2 Å². The van der Waals surface area contributed by atoms with Crippen LogP contribution in [0.1, 0.15) is 12.8 Å². The molecule has 1 nitrogen and oxygen atoms in total. The SMILES string of the molecule is C1CC2C[C@H]2CO1. The van der Waals surface area contributed by atoms with Gasteiger partial charge in [0.2, 0.25) is 0 Å². The summed E-state index contributed by atoms with van der Waals surface area (Å²) >= 11 is 0. The Labute approximate surface area is 43.7 Å². The first-order chi connectivity index (χ1) is 3.47. The van der Waals surface area contributed by atoms with Gasteiger partial charge in [-0.15, -0.1) is 0 Å². The van der Waals surface area contributed by atoms with Crippen LogP contribution < -0.4 is 0 Å². The predicted octanol–water partition coefficient (Wildman–Crippen LogP) is 1.04.